The Morgan fingerprint density at radius 2 is 2.32 bits per heavy atom. The number of carbonyl (C=O) groups excluding carboxylic acids is 1. The van der Waals surface area contributed by atoms with E-state index in [0.29, 0.717) is 25.1 Å². The molecule has 0 aromatic carbocycles. The minimum Gasteiger partial charge on any atom is -0.465 e. The van der Waals surface area contributed by atoms with Crippen molar-refractivity contribution >= 4 is 17.3 Å². The van der Waals surface area contributed by atoms with Crippen molar-refractivity contribution in [3.05, 3.63) is 16.1 Å². The lowest BCUT2D eigenvalue weighted by Crippen LogP contribution is -2.32. The number of nitrogens with zero attached hydrogens (tertiary/aromatic N) is 2. The number of thiazole rings is 1. The van der Waals surface area contributed by atoms with Gasteiger partial charge in [-0.1, -0.05) is 13.8 Å². The molecule has 2 rings (SSSR count). The zero-order valence-corrected chi connectivity index (χ0v) is 12.7. The zero-order chi connectivity index (χ0) is 13.8. The van der Waals surface area contributed by atoms with Gasteiger partial charge in [-0.05, 0) is 19.8 Å². The number of rotatable bonds is 7. The molecule has 0 bridgehead atoms. The van der Waals surface area contributed by atoms with Crippen molar-refractivity contribution in [3.8, 4) is 0 Å². The number of carbonyl (C=O) groups is 1. The summed E-state index contributed by atoms with van der Waals surface area (Å²) in [4.78, 5) is 18.4. The molecule has 0 amide bonds. The molecule has 0 atom stereocenters. The molecule has 0 radical (unpaired) electrons. The van der Waals surface area contributed by atoms with E-state index in [4.69, 9.17) is 4.74 Å². The van der Waals surface area contributed by atoms with Gasteiger partial charge in [-0.15, -0.1) is 11.3 Å². The van der Waals surface area contributed by atoms with Gasteiger partial charge in [0.1, 0.15) is 0 Å². The summed E-state index contributed by atoms with van der Waals surface area (Å²) in [5.41, 5.74) is 1.07. The Balaban J connectivity index is 1.94. The van der Waals surface area contributed by atoms with Gasteiger partial charge in [0.2, 0.25) is 0 Å². The van der Waals surface area contributed by atoms with Gasteiger partial charge in [0.05, 0.1) is 23.9 Å². The molecule has 106 valence electrons. The van der Waals surface area contributed by atoms with Crippen LogP contribution in [0.1, 0.15) is 50.2 Å². The second-order valence-corrected chi connectivity index (χ2v) is 6.16. The highest BCUT2D eigenvalue weighted by molar-refractivity contribution is 7.09. The number of esters is 1. The highest BCUT2D eigenvalue weighted by atomic mass is 32.1. The zero-order valence-electron chi connectivity index (χ0n) is 11.9. The van der Waals surface area contributed by atoms with Crippen LogP contribution in [0.5, 0.6) is 0 Å². The van der Waals surface area contributed by atoms with Gasteiger partial charge >= 0.3 is 5.97 Å². The topological polar surface area (TPSA) is 42.4 Å². The van der Waals surface area contributed by atoms with Crippen LogP contribution in [0.2, 0.25) is 0 Å². The summed E-state index contributed by atoms with van der Waals surface area (Å²) in [5.74, 6) is 0.340. The van der Waals surface area contributed by atoms with Crippen LogP contribution in [0.3, 0.4) is 0 Å². The molecule has 5 heteroatoms. The monoisotopic (exact) mass is 282 g/mol. The van der Waals surface area contributed by atoms with Crippen LogP contribution < -0.4 is 0 Å². The summed E-state index contributed by atoms with van der Waals surface area (Å²) >= 11 is 1.71. The predicted octanol–water partition coefficient (Wildman–Crippen LogP) is 2.79. The lowest BCUT2D eigenvalue weighted by molar-refractivity contribution is -0.144. The highest BCUT2D eigenvalue weighted by Crippen LogP contribution is 2.29. The largest absolute Gasteiger partial charge is 0.465 e. The van der Waals surface area contributed by atoms with Gasteiger partial charge in [0.25, 0.3) is 0 Å². The Kier molecular flexibility index (Phi) is 4.93. The van der Waals surface area contributed by atoms with Crippen LogP contribution >= 0.6 is 11.3 Å². The van der Waals surface area contributed by atoms with Crippen molar-refractivity contribution in [2.24, 2.45) is 0 Å². The third-order valence-electron chi connectivity index (χ3n) is 3.13. The maximum atomic E-state index is 11.6. The standard InChI is InChI=1S/C14H22N2O2S/c1-4-18-13(17)8-16(12-5-6-12)7-11-9-19-14(15-11)10(2)3/h9-10,12H,4-8H2,1-3H3. The third kappa shape index (κ3) is 4.28. The highest BCUT2D eigenvalue weighted by Gasteiger charge is 2.31. The molecule has 0 aliphatic heterocycles. The van der Waals surface area contributed by atoms with Gasteiger partial charge in [0.15, 0.2) is 0 Å². The Labute approximate surface area is 118 Å². The summed E-state index contributed by atoms with van der Waals surface area (Å²) in [7, 11) is 0. The first-order valence-electron chi connectivity index (χ1n) is 6.94. The fourth-order valence-corrected chi connectivity index (χ4v) is 2.82. The van der Waals surface area contributed by atoms with E-state index in [0.717, 1.165) is 12.2 Å². The van der Waals surface area contributed by atoms with E-state index in [1.54, 1.807) is 11.3 Å². The Morgan fingerprint density at radius 1 is 1.58 bits per heavy atom. The Morgan fingerprint density at radius 3 is 2.84 bits per heavy atom. The SMILES string of the molecule is CCOC(=O)CN(Cc1csc(C(C)C)n1)C1CC1. The molecule has 19 heavy (non-hydrogen) atoms. The molecule has 4 nitrogen and oxygen atoms in total. The first kappa shape index (κ1) is 14.5. The van der Waals surface area contributed by atoms with Gasteiger partial charge in [-0.3, -0.25) is 9.69 Å². The molecule has 1 aliphatic rings. The molecule has 0 spiro atoms. The lowest BCUT2D eigenvalue weighted by atomic mass is 10.2. The van der Waals surface area contributed by atoms with E-state index in [1.165, 1.54) is 17.8 Å². The van der Waals surface area contributed by atoms with E-state index >= 15 is 0 Å². The fourth-order valence-electron chi connectivity index (χ4n) is 1.99. The average Bonchev–Trinajstić information content (AvgIpc) is 3.09. The molecule has 1 aromatic heterocycles. The quantitative estimate of drug-likeness (QED) is 0.721. The first-order chi connectivity index (χ1) is 9.10. The molecule has 1 aromatic rings. The summed E-state index contributed by atoms with van der Waals surface area (Å²) in [5, 5.41) is 3.28. The van der Waals surface area contributed by atoms with Crippen molar-refractivity contribution in [2.45, 2.75) is 52.1 Å². The second-order valence-electron chi connectivity index (χ2n) is 5.27. The molecule has 1 fully saturated rings. The predicted molar refractivity (Wildman–Crippen MR) is 76.3 cm³/mol. The summed E-state index contributed by atoms with van der Waals surface area (Å²) < 4.78 is 5.03. The lowest BCUT2D eigenvalue weighted by Gasteiger charge is -2.19. The van der Waals surface area contributed by atoms with Crippen LogP contribution in [0.4, 0.5) is 0 Å². The summed E-state index contributed by atoms with van der Waals surface area (Å²) in [6, 6.07) is 0.536. The van der Waals surface area contributed by atoms with Crippen LogP contribution in [0, 0.1) is 0 Å². The van der Waals surface area contributed by atoms with Crippen molar-refractivity contribution in [1.82, 2.24) is 9.88 Å². The first-order valence-corrected chi connectivity index (χ1v) is 7.82. The van der Waals surface area contributed by atoms with E-state index in [1.807, 2.05) is 6.92 Å². The van der Waals surface area contributed by atoms with Gasteiger partial charge in [-0.25, -0.2) is 4.98 Å². The summed E-state index contributed by atoms with van der Waals surface area (Å²) in [6.45, 7) is 7.74. The summed E-state index contributed by atoms with van der Waals surface area (Å²) in [6.07, 6.45) is 2.36. The normalized spacial score (nSPS) is 15.2. The van der Waals surface area contributed by atoms with Crippen LogP contribution in [-0.4, -0.2) is 35.0 Å². The van der Waals surface area contributed by atoms with Gasteiger partial charge < -0.3 is 4.74 Å². The number of hydrogen-bond acceptors (Lipinski definition) is 5. The molecule has 0 N–H and O–H groups in total. The minimum absolute atomic E-state index is 0.131. The van der Waals surface area contributed by atoms with E-state index in [-0.39, 0.29) is 5.97 Å². The van der Waals surface area contributed by atoms with E-state index < -0.39 is 0 Å². The smallest absolute Gasteiger partial charge is 0.320 e. The third-order valence-corrected chi connectivity index (χ3v) is 4.32. The van der Waals surface area contributed by atoms with E-state index in [9.17, 15) is 4.79 Å². The van der Waals surface area contributed by atoms with Crippen molar-refractivity contribution in [1.29, 1.82) is 0 Å². The maximum Gasteiger partial charge on any atom is 0.320 e. The molecular formula is C14H22N2O2S. The Bertz CT molecular complexity index is 427. The number of aromatic nitrogens is 1. The number of ether oxygens (including phenoxy) is 1. The molecule has 0 saturated heterocycles. The fraction of sp³-hybridized carbons (Fsp3) is 0.714. The molecule has 1 saturated carbocycles. The molecule has 1 aliphatic carbocycles. The van der Waals surface area contributed by atoms with Gasteiger partial charge in [-0.2, -0.15) is 0 Å². The van der Waals surface area contributed by atoms with Crippen LogP contribution in [0.25, 0.3) is 0 Å². The van der Waals surface area contributed by atoms with Crippen molar-refractivity contribution in [3.63, 3.8) is 0 Å². The second kappa shape index (κ2) is 6.48. The molecular weight excluding hydrogens is 260 g/mol. The molecule has 1 heterocycles. The number of hydrogen-bond donors (Lipinski definition) is 0. The minimum atomic E-state index is -0.131. The maximum absolute atomic E-state index is 11.6. The average molecular weight is 282 g/mol. The van der Waals surface area contributed by atoms with Crippen LogP contribution in [0.15, 0.2) is 5.38 Å². The Hall–Kier alpha value is -0.940. The molecule has 0 unspecified atom stereocenters. The van der Waals surface area contributed by atoms with E-state index in [2.05, 4.69) is 29.1 Å². The van der Waals surface area contributed by atoms with Crippen LogP contribution in [-0.2, 0) is 16.1 Å². The van der Waals surface area contributed by atoms with Crippen molar-refractivity contribution < 1.29 is 9.53 Å². The van der Waals surface area contributed by atoms with Gasteiger partial charge in [0, 0.05) is 23.9 Å². The van der Waals surface area contributed by atoms with Crippen molar-refractivity contribution in [2.75, 3.05) is 13.2 Å².